The Bertz CT molecular complexity index is 1260. The van der Waals surface area contributed by atoms with Crippen molar-refractivity contribution < 1.29 is 12.8 Å². The molecular formula is C21H23FN4O3S2. The zero-order valence-electron chi connectivity index (χ0n) is 16.9. The number of benzene rings is 1. The number of nitrogens with zero attached hydrogens (tertiary/aromatic N) is 3. The van der Waals surface area contributed by atoms with Crippen LogP contribution in [0.25, 0.3) is 21.3 Å². The number of fused-ring (bicyclic) bond motifs is 1. The fraction of sp³-hybridized carbons (Fsp3) is 0.429. The van der Waals surface area contributed by atoms with E-state index < -0.39 is 9.84 Å². The van der Waals surface area contributed by atoms with Crippen LogP contribution in [0.1, 0.15) is 12.2 Å². The molecule has 1 atom stereocenters. The number of sulfone groups is 1. The SMILES string of the molecule is O=c1[nH]c(CN2CCN([C@@H]3CCS(=O)(=O)C3)CC2)nc2scc(-c3ccc(F)cc3)c12. The highest BCUT2D eigenvalue weighted by atomic mass is 32.2. The summed E-state index contributed by atoms with van der Waals surface area (Å²) in [5.74, 6) is 0.881. The third kappa shape index (κ3) is 4.30. The smallest absolute Gasteiger partial charge is 0.260 e. The quantitative estimate of drug-likeness (QED) is 0.639. The van der Waals surface area contributed by atoms with Crippen LogP contribution in [-0.4, -0.2) is 71.9 Å². The van der Waals surface area contributed by atoms with Crippen molar-refractivity contribution in [3.63, 3.8) is 0 Å². The van der Waals surface area contributed by atoms with E-state index in [2.05, 4.69) is 19.8 Å². The van der Waals surface area contributed by atoms with E-state index >= 15 is 0 Å². The van der Waals surface area contributed by atoms with Gasteiger partial charge in [-0.25, -0.2) is 17.8 Å². The minimum Gasteiger partial charge on any atom is -0.309 e. The van der Waals surface area contributed by atoms with Crippen molar-refractivity contribution in [1.82, 2.24) is 19.8 Å². The lowest BCUT2D eigenvalue weighted by Gasteiger charge is -2.37. The Hall–Kier alpha value is -2.14. The Morgan fingerprint density at radius 1 is 1.16 bits per heavy atom. The van der Waals surface area contributed by atoms with E-state index in [1.807, 2.05) is 5.38 Å². The van der Waals surface area contributed by atoms with Crippen molar-refractivity contribution >= 4 is 31.4 Å². The Balaban J connectivity index is 1.29. The number of aromatic nitrogens is 2. The Kier molecular flexibility index (Phi) is 5.41. The second-order valence-corrected chi connectivity index (χ2v) is 11.3. The minimum atomic E-state index is -2.88. The summed E-state index contributed by atoms with van der Waals surface area (Å²) in [4.78, 5) is 25.6. The largest absolute Gasteiger partial charge is 0.309 e. The van der Waals surface area contributed by atoms with Gasteiger partial charge in [-0.15, -0.1) is 11.3 Å². The zero-order chi connectivity index (χ0) is 21.6. The molecule has 2 aliphatic heterocycles. The second kappa shape index (κ2) is 8.09. The van der Waals surface area contributed by atoms with Gasteiger partial charge in [-0.05, 0) is 24.1 Å². The number of rotatable bonds is 4. The molecule has 0 saturated carbocycles. The molecule has 1 aromatic carbocycles. The molecule has 10 heteroatoms. The number of aromatic amines is 1. The number of thiophene rings is 1. The van der Waals surface area contributed by atoms with Gasteiger partial charge in [0.15, 0.2) is 9.84 Å². The maximum atomic E-state index is 13.2. The summed E-state index contributed by atoms with van der Waals surface area (Å²) in [5, 5.41) is 2.42. The van der Waals surface area contributed by atoms with Crippen LogP contribution >= 0.6 is 11.3 Å². The molecule has 2 saturated heterocycles. The first-order valence-electron chi connectivity index (χ1n) is 10.3. The van der Waals surface area contributed by atoms with Gasteiger partial charge in [-0.2, -0.15) is 0 Å². The molecule has 31 heavy (non-hydrogen) atoms. The predicted molar refractivity (Wildman–Crippen MR) is 120 cm³/mol. The van der Waals surface area contributed by atoms with E-state index in [1.54, 1.807) is 12.1 Å². The molecule has 2 aliphatic rings. The van der Waals surface area contributed by atoms with Gasteiger partial charge >= 0.3 is 0 Å². The highest BCUT2D eigenvalue weighted by molar-refractivity contribution is 7.91. The normalized spacial score (nSPS) is 22.3. The van der Waals surface area contributed by atoms with Crippen molar-refractivity contribution in [2.45, 2.75) is 19.0 Å². The third-order valence-electron chi connectivity index (χ3n) is 6.15. The maximum absolute atomic E-state index is 13.2. The molecular weight excluding hydrogens is 439 g/mol. The van der Waals surface area contributed by atoms with Crippen LogP contribution in [0.4, 0.5) is 4.39 Å². The predicted octanol–water partition coefficient (Wildman–Crippen LogP) is 2.10. The fourth-order valence-corrected chi connectivity index (χ4v) is 7.20. The van der Waals surface area contributed by atoms with Gasteiger partial charge in [0.05, 0.1) is 23.4 Å². The molecule has 0 radical (unpaired) electrons. The molecule has 0 bridgehead atoms. The molecule has 2 aromatic heterocycles. The van der Waals surface area contributed by atoms with Gasteiger partial charge in [-0.3, -0.25) is 14.6 Å². The van der Waals surface area contributed by atoms with Crippen molar-refractivity contribution in [2.24, 2.45) is 0 Å². The summed E-state index contributed by atoms with van der Waals surface area (Å²) in [6.07, 6.45) is 0.725. The number of piperazine rings is 1. The van der Waals surface area contributed by atoms with Crippen molar-refractivity contribution in [3.05, 3.63) is 51.6 Å². The van der Waals surface area contributed by atoms with Crippen LogP contribution in [0.15, 0.2) is 34.4 Å². The number of hydrogen-bond donors (Lipinski definition) is 1. The lowest BCUT2D eigenvalue weighted by molar-refractivity contribution is 0.0984. The second-order valence-electron chi connectivity index (χ2n) is 8.22. The number of halogens is 1. The zero-order valence-corrected chi connectivity index (χ0v) is 18.5. The van der Waals surface area contributed by atoms with Crippen LogP contribution in [0.2, 0.25) is 0 Å². The van der Waals surface area contributed by atoms with Gasteiger partial charge in [0, 0.05) is 43.2 Å². The molecule has 164 valence electrons. The van der Waals surface area contributed by atoms with Crippen LogP contribution in [-0.2, 0) is 16.4 Å². The minimum absolute atomic E-state index is 0.137. The third-order valence-corrected chi connectivity index (χ3v) is 8.78. The monoisotopic (exact) mass is 462 g/mol. The molecule has 4 heterocycles. The fourth-order valence-electron chi connectivity index (χ4n) is 4.47. The summed E-state index contributed by atoms with van der Waals surface area (Å²) < 4.78 is 36.7. The average Bonchev–Trinajstić information content (AvgIpc) is 3.33. The maximum Gasteiger partial charge on any atom is 0.260 e. The van der Waals surface area contributed by atoms with Crippen molar-refractivity contribution in [2.75, 3.05) is 37.7 Å². The first-order valence-corrected chi connectivity index (χ1v) is 13.0. The highest BCUT2D eigenvalue weighted by Crippen LogP contribution is 2.31. The number of hydrogen-bond acceptors (Lipinski definition) is 7. The first kappa shape index (κ1) is 20.7. The van der Waals surface area contributed by atoms with Crippen LogP contribution in [0.5, 0.6) is 0 Å². The molecule has 1 N–H and O–H groups in total. The van der Waals surface area contributed by atoms with Gasteiger partial charge in [0.2, 0.25) is 0 Å². The molecule has 7 nitrogen and oxygen atoms in total. The van der Waals surface area contributed by atoms with E-state index in [0.717, 1.165) is 43.7 Å². The van der Waals surface area contributed by atoms with E-state index in [-0.39, 0.29) is 23.2 Å². The topological polar surface area (TPSA) is 86.4 Å². The van der Waals surface area contributed by atoms with Crippen LogP contribution in [0.3, 0.4) is 0 Å². The molecule has 0 unspecified atom stereocenters. The molecule has 2 fully saturated rings. The Labute approximate surface area is 183 Å². The van der Waals surface area contributed by atoms with E-state index in [0.29, 0.717) is 28.3 Å². The lowest BCUT2D eigenvalue weighted by atomic mass is 10.1. The number of H-pyrrole nitrogens is 1. The van der Waals surface area contributed by atoms with Gasteiger partial charge in [0.1, 0.15) is 16.5 Å². The lowest BCUT2D eigenvalue weighted by Crippen LogP contribution is -2.50. The molecule has 0 spiro atoms. The molecule has 5 rings (SSSR count). The van der Waals surface area contributed by atoms with Gasteiger partial charge in [0.25, 0.3) is 5.56 Å². The van der Waals surface area contributed by atoms with Crippen molar-refractivity contribution in [1.29, 1.82) is 0 Å². The first-order chi connectivity index (χ1) is 14.9. The van der Waals surface area contributed by atoms with E-state index in [9.17, 15) is 17.6 Å². The van der Waals surface area contributed by atoms with E-state index in [1.165, 1.54) is 23.5 Å². The molecule has 0 aliphatic carbocycles. The summed E-state index contributed by atoms with van der Waals surface area (Å²) in [5.41, 5.74) is 1.37. The summed E-state index contributed by atoms with van der Waals surface area (Å²) >= 11 is 1.41. The highest BCUT2D eigenvalue weighted by Gasteiger charge is 2.33. The molecule has 0 amide bonds. The standard InChI is InChI=1S/C21H23FN4O3S2/c22-15-3-1-14(2-4-15)17-12-30-21-19(17)20(27)23-18(24-21)11-25-6-8-26(9-7-25)16-5-10-31(28,29)13-16/h1-4,12,16H,5-11,13H2,(H,23,24,27)/t16-/m1/s1. The Morgan fingerprint density at radius 2 is 1.90 bits per heavy atom. The van der Waals surface area contributed by atoms with Gasteiger partial charge < -0.3 is 4.98 Å². The summed E-state index contributed by atoms with van der Waals surface area (Å²) in [7, 11) is -2.88. The van der Waals surface area contributed by atoms with Crippen molar-refractivity contribution in [3.8, 4) is 11.1 Å². The van der Waals surface area contributed by atoms with Crippen LogP contribution in [0, 0.1) is 5.82 Å². The van der Waals surface area contributed by atoms with E-state index in [4.69, 9.17) is 0 Å². The molecule has 3 aromatic rings. The van der Waals surface area contributed by atoms with Gasteiger partial charge in [-0.1, -0.05) is 12.1 Å². The van der Waals surface area contributed by atoms with Crippen LogP contribution < -0.4 is 5.56 Å². The average molecular weight is 463 g/mol. The summed E-state index contributed by atoms with van der Waals surface area (Å²) in [6.45, 7) is 3.81. The Morgan fingerprint density at radius 3 is 2.58 bits per heavy atom. The number of nitrogens with one attached hydrogen (secondary N) is 1. The summed E-state index contributed by atoms with van der Waals surface area (Å²) in [6, 6.07) is 6.24.